The number of anilines is 1. The van der Waals surface area contributed by atoms with Crippen molar-refractivity contribution in [2.45, 2.75) is 25.6 Å². The van der Waals surface area contributed by atoms with E-state index in [0.29, 0.717) is 23.6 Å². The summed E-state index contributed by atoms with van der Waals surface area (Å²) in [7, 11) is 0. The summed E-state index contributed by atoms with van der Waals surface area (Å²) in [4.78, 5) is 12.6. The van der Waals surface area contributed by atoms with Gasteiger partial charge in [-0.05, 0) is 43.2 Å². The van der Waals surface area contributed by atoms with Crippen LogP contribution in [0.4, 0.5) is 14.5 Å². The largest absolute Gasteiger partial charge is 0.490 e. The standard InChI is InChI=1S/C19H18ClF2NO4/c20-15-10-12(7-8-17(15)27-19(21)22)23-18(24)14-5-1-2-6-16(14)26-11-13-4-3-9-25-13/h1-2,5-8,10,13,19H,3-4,9,11H2,(H,23,24)/t13-/m0/s1. The zero-order valence-corrected chi connectivity index (χ0v) is 15.0. The molecule has 2 aromatic carbocycles. The van der Waals surface area contributed by atoms with Crippen LogP contribution in [-0.2, 0) is 4.74 Å². The molecule has 5 nitrogen and oxygen atoms in total. The van der Waals surface area contributed by atoms with E-state index in [1.807, 2.05) is 0 Å². The topological polar surface area (TPSA) is 56.8 Å². The molecular formula is C19H18ClF2NO4. The number of nitrogens with one attached hydrogen (secondary N) is 1. The van der Waals surface area contributed by atoms with Crippen molar-refractivity contribution in [1.29, 1.82) is 0 Å². The quantitative estimate of drug-likeness (QED) is 0.732. The van der Waals surface area contributed by atoms with E-state index in [1.54, 1.807) is 24.3 Å². The van der Waals surface area contributed by atoms with Gasteiger partial charge in [0.2, 0.25) is 0 Å². The maximum Gasteiger partial charge on any atom is 0.387 e. The highest BCUT2D eigenvalue weighted by atomic mass is 35.5. The van der Waals surface area contributed by atoms with Gasteiger partial charge in [-0.2, -0.15) is 8.78 Å². The van der Waals surface area contributed by atoms with Crippen LogP contribution in [0.25, 0.3) is 0 Å². The van der Waals surface area contributed by atoms with Gasteiger partial charge in [-0.1, -0.05) is 23.7 Å². The Labute approximate surface area is 160 Å². The number of rotatable bonds is 7. The maximum atomic E-state index is 12.6. The van der Waals surface area contributed by atoms with Crippen molar-refractivity contribution in [3.63, 3.8) is 0 Å². The summed E-state index contributed by atoms with van der Waals surface area (Å²) in [6.45, 7) is -1.88. The van der Waals surface area contributed by atoms with Crippen LogP contribution in [0.15, 0.2) is 42.5 Å². The zero-order chi connectivity index (χ0) is 19.2. The molecule has 1 aliphatic rings. The number of carbonyl (C=O) groups excluding carboxylic acids is 1. The third kappa shape index (κ3) is 5.30. The van der Waals surface area contributed by atoms with Crippen molar-refractivity contribution >= 4 is 23.2 Å². The number of para-hydroxylation sites is 1. The lowest BCUT2D eigenvalue weighted by Crippen LogP contribution is -2.19. The van der Waals surface area contributed by atoms with Gasteiger partial charge in [-0.15, -0.1) is 0 Å². The summed E-state index contributed by atoms with van der Waals surface area (Å²) >= 11 is 5.91. The molecule has 0 unspecified atom stereocenters. The van der Waals surface area contributed by atoms with Gasteiger partial charge in [-0.3, -0.25) is 4.79 Å². The molecule has 1 fully saturated rings. The van der Waals surface area contributed by atoms with E-state index < -0.39 is 12.5 Å². The normalized spacial score (nSPS) is 16.4. The molecule has 144 valence electrons. The van der Waals surface area contributed by atoms with Crippen LogP contribution in [0.2, 0.25) is 5.02 Å². The molecule has 1 saturated heterocycles. The molecule has 0 bridgehead atoms. The summed E-state index contributed by atoms with van der Waals surface area (Å²) in [5.41, 5.74) is 0.695. The van der Waals surface area contributed by atoms with Gasteiger partial charge >= 0.3 is 6.61 Å². The minimum Gasteiger partial charge on any atom is -0.490 e. The van der Waals surface area contributed by atoms with Gasteiger partial charge in [0.1, 0.15) is 18.1 Å². The summed E-state index contributed by atoms with van der Waals surface area (Å²) in [6, 6.07) is 10.9. The Hall–Kier alpha value is -2.38. The highest BCUT2D eigenvalue weighted by Crippen LogP contribution is 2.29. The Bertz CT molecular complexity index is 797. The number of alkyl halides is 2. The highest BCUT2D eigenvalue weighted by molar-refractivity contribution is 6.32. The van der Waals surface area contributed by atoms with Crippen molar-refractivity contribution in [3.8, 4) is 11.5 Å². The third-order valence-corrected chi connectivity index (χ3v) is 4.28. The van der Waals surface area contributed by atoms with Crippen LogP contribution in [0.1, 0.15) is 23.2 Å². The molecule has 0 saturated carbocycles. The molecule has 27 heavy (non-hydrogen) atoms. The minimum absolute atomic E-state index is 0.0299. The number of benzene rings is 2. The average molecular weight is 398 g/mol. The number of amides is 1. The fourth-order valence-electron chi connectivity index (χ4n) is 2.71. The van der Waals surface area contributed by atoms with Gasteiger partial charge in [0.25, 0.3) is 5.91 Å². The smallest absolute Gasteiger partial charge is 0.387 e. The van der Waals surface area contributed by atoms with Crippen molar-refractivity contribution in [2.24, 2.45) is 0 Å². The maximum absolute atomic E-state index is 12.6. The van der Waals surface area contributed by atoms with Crippen molar-refractivity contribution in [3.05, 3.63) is 53.1 Å². The first kappa shape index (κ1) is 19.4. The number of hydrogen-bond acceptors (Lipinski definition) is 4. The molecule has 3 rings (SSSR count). The Balaban J connectivity index is 1.68. The summed E-state index contributed by atoms with van der Waals surface area (Å²) in [6.07, 6.45) is 1.96. The van der Waals surface area contributed by atoms with Gasteiger partial charge in [0, 0.05) is 12.3 Å². The zero-order valence-electron chi connectivity index (χ0n) is 14.3. The molecule has 1 amide bonds. The van der Waals surface area contributed by atoms with Gasteiger partial charge < -0.3 is 19.5 Å². The number of ether oxygens (including phenoxy) is 3. The van der Waals surface area contributed by atoms with E-state index >= 15 is 0 Å². The van der Waals surface area contributed by atoms with Crippen molar-refractivity contribution in [1.82, 2.24) is 0 Å². The monoisotopic (exact) mass is 397 g/mol. The third-order valence-electron chi connectivity index (χ3n) is 3.99. The Morgan fingerprint density at radius 3 is 2.78 bits per heavy atom. The number of hydrogen-bond donors (Lipinski definition) is 1. The molecule has 1 atom stereocenters. The molecular weight excluding hydrogens is 380 g/mol. The molecule has 1 heterocycles. The molecule has 0 aromatic heterocycles. The van der Waals surface area contributed by atoms with Crippen LogP contribution in [-0.4, -0.2) is 31.8 Å². The molecule has 1 N–H and O–H groups in total. The molecule has 0 aliphatic carbocycles. The Morgan fingerprint density at radius 2 is 2.07 bits per heavy atom. The van der Waals surface area contributed by atoms with E-state index in [-0.39, 0.29) is 16.9 Å². The first-order valence-corrected chi connectivity index (χ1v) is 8.80. The lowest BCUT2D eigenvalue weighted by atomic mass is 10.1. The van der Waals surface area contributed by atoms with Crippen molar-refractivity contribution in [2.75, 3.05) is 18.5 Å². The van der Waals surface area contributed by atoms with Gasteiger partial charge in [0.05, 0.1) is 16.7 Å². The molecule has 1 aliphatic heterocycles. The molecule has 2 aromatic rings. The first-order valence-electron chi connectivity index (χ1n) is 8.42. The van der Waals surface area contributed by atoms with Crippen LogP contribution in [0.5, 0.6) is 11.5 Å². The molecule has 8 heteroatoms. The minimum atomic E-state index is -2.98. The van der Waals surface area contributed by atoms with Crippen molar-refractivity contribution < 1.29 is 27.8 Å². The summed E-state index contributed by atoms with van der Waals surface area (Å²) < 4.78 is 40.1. The van der Waals surface area contributed by atoms with Crippen LogP contribution in [0, 0.1) is 0 Å². The number of halogens is 3. The molecule has 0 spiro atoms. The lowest BCUT2D eigenvalue weighted by molar-refractivity contribution is -0.0497. The fourth-order valence-corrected chi connectivity index (χ4v) is 2.93. The second-order valence-corrected chi connectivity index (χ2v) is 6.33. The predicted octanol–water partition coefficient (Wildman–Crippen LogP) is 4.75. The summed E-state index contributed by atoms with van der Waals surface area (Å²) in [5.74, 6) is -0.129. The Morgan fingerprint density at radius 1 is 1.26 bits per heavy atom. The van der Waals surface area contributed by atoms with Gasteiger partial charge in [0.15, 0.2) is 0 Å². The van der Waals surface area contributed by atoms with E-state index in [2.05, 4.69) is 10.1 Å². The first-order chi connectivity index (χ1) is 13.0. The van der Waals surface area contributed by atoms with Crippen LogP contribution < -0.4 is 14.8 Å². The SMILES string of the molecule is O=C(Nc1ccc(OC(F)F)c(Cl)c1)c1ccccc1OC[C@@H]1CCCO1. The Kier molecular flexibility index (Phi) is 6.47. The summed E-state index contributed by atoms with van der Waals surface area (Å²) in [5, 5.41) is 2.64. The van der Waals surface area contributed by atoms with E-state index in [1.165, 1.54) is 18.2 Å². The number of carbonyl (C=O) groups is 1. The fraction of sp³-hybridized carbons (Fsp3) is 0.316. The lowest BCUT2D eigenvalue weighted by Gasteiger charge is -2.15. The second kappa shape index (κ2) is 9.01. The van der Waals surface area contributed by atoms with E-state index in [4.69, 9.17) is 21.1 Å². The van der Waals surface area contributed by atoms with Crippen LogP contribution >= 0.6 is 11.6 Å². The molecule has 0 radical (unpaired) electrons. The van der Waals surface area contributed by atoms with E-state index in [9.17, 15) is 13.6 Å². The predicted molar refractivity (Wildman–Crippen MR) is 96.9 cm³/mol. The van der Waals surface area contributed by atoms with Crippen LogP contribution in [0.3, 0.4) is 0 Å². The average Bonchev–Trinajstić information content (AvgIpc) is 3.16. The van der Waals surface area contributed by atoms with E-state index in [0.717, 1.165) is 19.4 Å². The van der Waals surface area contributed by atoms with Gasteiger partial charge in [-0.25, -0.2) is 0 Å². The highest BCUT2D eigenvalue weighted by Gasteiger charge is 2.19. The second-order valence-electron chi connectivity index (χ2n) is 5.92.